The summed E-state index contributed by atoms with van der Waals surface area (Å²) >= 11 is 8.65. The number of nitrogens with one attached hydrogen (secondary N) is 1. The molecular formula is C13H8BrClF3N. The monoisotopic (exact) mass is 349 g/mol. The third-order valence-corrected chi connectivity index (χ3v) is 3.54. The first-order valence-corrected chi connectivity index (χ1v) is 6.47. The van der Waals surface area contributed by atoms with E-state index in [1.54, 1.807) is 6.07 Å². The molecule has 0 spiro atoms. The molecule has 1 nitrogen and oxygen atoms in total. The molecule has 2 aromatic rings. The van der Waals surface area contributed by atoms with Crippen molar-refractivity contribution in [1.82, 2.24) is 0 Å². The highest BCUT2D eigenvalue weighted by atomic mass is 79.9. The van der Waals surface area contributed by atoms with E-state index in [0.29, 0.717) is 5.56 Å². The molecule has 0 fully saturated rings. The molecule has 0 unspecified atom stereocenters. The molecule has 0 aliphatic rings. The van der Waals surface area contributed by atoms with Gasteiger partial charge < -0.3 is 5.32 Å². The van der Waals surface area contributed by atoms with Gasteiger partial charge in [-0.05, 0) is 33.6 Å². The van der Waals surface area contributed by atoms with E-state index in [0.717, 1.165) is 12.1 Å². The van der Waals surface area contributed by atoms with E-state index in [4.69, 9.17) is 11.6 Å². The second-order valence-corrected chi connectivity index (χ2v) is 5.04. The van der Waals surface area contributed by atoms with Crippen LogP contribution in [0.3, 0.4) is 0 Å². The van der Waals surface area contributed by atoms with Gasteiger partial charge in [-0.1, -0.05) is 23.7 Å². The Bertz CT molecular complexity index is 619. The van der Waals surface area contributed by atoms with Crippen LogP contribution in [0.2, 0.25) is 5.02 Å². The molecule has 0 saturated heterocycles. The average Bonchev–Trinajstić information content (AvgIpc) is 2.37. The number of anilines is 1. The van der Waals surface area contributed by atoms with Crippen LogP contribution in [-0.4, -0.2) is 0 Å². The predicted octanol–water partition coefficient (Wildman–Crippen LogP) is 5.13. The van der Waals surface area contributed by atoms with E-state index in [1.165, 1.54) is 12.1 Å². The zero-order valence-electron chi connectivity index (χ0n) is 9.48. The smallest absolute Gasteiger partial charge is 0.147 e. The lowest BCUT2D eigenvalue weighted by Crippen LogP contribution is -2.03. The fraction of sp³-hybridized carbons (Fsp3) is 0.0769. The van der Waals surface area contributed by atoms with Gasteiger partial charge in [-0.3, -0.25) is 0 Å². The lowest BCUT2D eigenvalue weighted by Gasteiger charge is -2.10. The fourth-order valence-electron chi connectivity index (χ4n) is 1.53. The standard InChI is InChI=1S/C13H8BrClF3N/c14-8-4-11(18)12(5-10(8)17)19-6-7-2-1-3-9(16)13(7)15/h1-5,19H,6H2. The van der Waals surface area contributed by atoms with E-state index >= 15 is 0 Å². The van der Waals surface area contributed by atoms with Gasteiger partial charge in [0, 0.05) is 12.6 Å². The van der Waals surface area contributed by atoms with E-state index < -0.39 is 17.5 Å². The summed E-state index contributed by atoms with van der Waals surface area (Å²) in [6.45, 7) is 0.0919. The lowest BCUT2D eigenvalue weighted by atomic mass is 10.2. The van der Waals surface area contributed by atoms with E-state index in [9.17, 15) is 13.2 Å². The third-order valence-electron chi connectivity index (χ3n) is 2.51. The first-order valence-electron chi connectivity index (χ1n) is 5.30. The quantitative estimate of drug-likeness (QED) is 0.757. The zero-order chi connectivity index (χ0) is 14.0. The molecule has 0 aromatic heterocycles. The maximum absolute atomic E-state index is 13.5. The number of hydrogen-bond acceptors (Lipinski definition) is 1. The highest BCUT2D eigenvalue weighted by Gasteiger charge is 2.10. The normalized spacial score (nSPS) is 10.6. The van der Waals surface area contributed by atoms with Gasteiger partial charge in [0.2, 0.25) is 0 Å². The maximum Gasteiger partial charge on any atom is 0.147 e. The van der Waals surface area contributed by atoms with Crippen LogP contribution in [0.5, 0.6) is 0 Å². The summed E-state index contributed by atoms with van der Waals surface area (Å²) in [4.78, 5) is 0. The Balaban J connectivity index is 2.19. The van der Waals surface area contributed by atoms with Crippen molar-refractivity contribution in [3.8, 4) is 0 Å². The number of hydrogen-bond donors (Lipinski definition) is 1. The van der Waals surface area contributed by atoms with Gasteiger partial charge in [0.15, 0.2) is 0 Å². The Labute approximate surface area is 121 Å². The van der Waals surface area contributed by atoms with Crippen molar-refractivity contribution in [2.24, 2.45) is 0 Å². The van der Waals surface area contributed by atoms with Crippen molar-refractivity contribution >= 4 is 33.2 Å². The topological polar surface area (TPSA) is 12.0 Å². The van der Waals surface area contributed by atoms with E-state index in [2.05, 4.69) is 21.2 Å². The molecule has 19 heavy (non-hydrogen) atoms. The van der Waals surface area contributed by atoms with Crippen LogP contribution < -0.4 is 5.32 Å². The zero-order valence-corrected chi connectivity index (χ0v) is 11.8. The van der Waals surface area contributed by atoms with Gasteiger partial charge in [-0.15, -0.1) is 0 Å². The van der Waals surface area contributed by atoms with Crippen LogP contribution in [0.1, 0.15) is 5.56 Å². The Kier molecular flexibility index (Phi) is 4.37. The number of rotatable bonds is 3. The first-order chi connectivity index (χ1) is 8.99. The summed E-state index contributed by atoms with van der Waals surface area (Å²) in [5, 5.41) is 2.64. The molecule has 0 aliphatic heterocycles. The number of benzene rings is 2. The lowest BCUT2D eigenvalue weighted by molar-refractivity contribution is 0.596. The molecule has 0 aliphatic carbocycles. The summed E-state index contributed by atoms with van der Waals surface area (Å²) in [5.41, 5.74) is 0.449. The molecule has 0 atom stereocenters. The van der Waals surface area contributed by atoms with Crippen molar-refractivity contribution in [3.63, 3.8) is 0 Å². The maximum atomic E-state index is 13.5. The minimum absolute atomic E-state index is 0.0129. The molecular weight excluding hydrogens is 343 g/mol. The van der Waals surface area contributed by atoms with Crippen molar-refractivity contribution < 1.29 is 13.2 Å². The molecule has 0 amide bonds. The molecule has 0 bridgehead atoms. The molecule has 0 saturated carbocycles. The van der Waals surface area contributed by atoms with Crippen LogP contribution in [0.4, 0.5) is 18.9 Å². The van der Waals surface area contributed by atoms with Crippen LogP contribution >= 0.6 is 27.5 Å². The average molecular weight is 351 g/mol. The largest absolute Gasteiger partial charge is 0.378 e. The minimum Gasteiger partial charge on any atom is -0.378 e. The van der Waals surface area contributed by atoms with Gasteiger partial charge in [0.1, 0.15) is 17.5 Å². The van der Waals surface area contributed by atoms with Gasteiger partial charge in [0.05, 0.1) is 15.2 Å². The van der Waals surface area contributed by atoms with E-state index in [1.807, 2.05) is 0 Å². The molecule has 2 aromatic carbocycles. The van der Waals surface area contributed by atoms with Gasteiger partial charge in [-0.2, -0.15) is 0 Å². The molecule has 1 N–H and O–H groups in total. The summed E-state index contributed by atoms with van der Waals surface area (Å²) in [5.74, 6) is -1.75. The molecule has 0 heterocycles. The highest BCUT2D eigenvalue weighted by molar-refractivity contribution is 9.10. The highest BCUT2D eigenvalue weighted by Crippen LogP contribution is 2.25. The SMILES string of the molecule is Fc1cc(NCc2cccc(F)c2Cl)c(F)cc1Br. The van der Waals surface area contributed by atoms with Crippen molar-refractivity contribution in [2.75, 3.05) is 5.32 Å². The van der Waals surface area contributed by atoms with Crippen LogP contribution in [0.25, 0.3) is 0 Å². The molecule has 100 valence electrons. The summed E-state index contributed by atoms with van der Waals surface area (Å²) < 4.78 is 40.1. The second-order valence-electron chi connectivity index (χ2n) is 3.81. The minimum atomic E-state index is -0.610. The fourth-order valence-corrected chi connectivity index (χ4v) is 2.04. The summed E-state index contributed by atoms with van der Waals surface area (Å²) in [7, 11) is 0. The molecule has 2 rings (SSSR count). The van der Waals surface area contributed by atoms with Gasteiger partial charge >= 0.3 is 0 Å². The third kappa shape index (κ3) is 3.22. The van der Waals surface area contributed by atoms with Crippen molar-refractivity contribution in [1.29, 1.82) is 0 Å². The second kappa shape index (κ2) is 5.84. The van der Waals surface area contributed by atoms with Gasteiger partial charge in [0.25, 0.3) is 0 Å². The van der Waals surface area contributed by atoms with Crippen LogP contribution in [0, 0.1) is 17.5 Å². The van der Waals surface area contributed by atoms with Gasteiger partial charge in [-0.25, -0.2) is 13.2 Å². The number of halogens is 5. The molecule has 6 heteroatoms. The van der Waals surface area contributed by atoms with Crippen molar-refractivity contribution in [2.45, 2.75) is 6.54 Å². The van der Waals surface area contributed by atoms with Crippen molar-refractivity contribution in [3.05, 3.63) is 62.8 Å². The summed E-state index contributed by atoms with van der Waals surface area (Å²) in [6, 6.07) is 6.37. The molecule has 0 radical (unpaired) electrons. The Hall–Kier alpha value is -1.20. The summed E-state index contributed by atoms with van der Waals surface area (Å²) in [6.07, 6.45) is 0. The van der Waals surface area contributed by atoms with Crippen LogP contribution in [-0.2, 0) is 6.54 Å². The Morgan fingerprint density at radius 1 is 1.05 bits per heavy atom. The van der Waals surface area contributed by atoms with Crippen LogP contribution in [0.15, 0.2) is 34.8 Å². The van der Waals surface area contributed by atoms with E-state index in [-0.39, 0.29) is 21.7 Å². The Morgan fingerprint density at radius 3 is 2.53 bits per heavy atom. The Morgan fingerprint density at radius 2 is 1.79 bits per heavy atom. The first kappa shape index (κ1) is 14.2. The predicted molar refractivity (Wildman–Crippen MR) is 72.8 cm³/mol.